The fraction of sp³-hybridized carbons (Fsp3) is 0.467. The Kier molecular flexibility index (Phi) is 5.15. The number of methoxy groups -OCH3 is 2. The van der Waals surface area contributed by atoms with Crippen LogP contribution in [0.15, 0.2) is 18.2 Å². The number of benzene rings is 1. The Hall–Kier alpha value is -2.64. The lowest BCUT2D eigenvalue weighted by Crippen LogP contribution is -2.37. The molecule has 0 saturated carbocycles. The van der Waals surface area contributed by atoms with E-state index >= 15 is 0 Å². The Labute approximate surface area is 133 Å². The zero-order chi connectivity index (χ0) is 17.0. The second-order valence-corrected chi connectivity index (χ2v) is 5.23. The van der Waals surface area contributed by atoms with Gasteiger partial charge in [0.05, 0.1) is 36.3 Å². The van der Waals surface area contributed by atoms with Crippen LogP contribution in [0.2, 0.25) is 0 Å². The SMILES string of the molecule is COC(=O)c1cc([N+](=O)[O-])ccc1N1CCC(C(=O)OC)CC1. The number of hydrogen-bond donors (Lipinski definition) is 0. The van der Waals surface area contributed by atoms with Gasteiger partial charge in [-0.05, 0) is 18.9 Å². The molecule has 1 aromatic carbocycles. The molecule has 2 rings (SSSR count). The van der Waals surface area contributed by atoms with Crippen LogP contribution >= 0.6 is 0 Å². The van der Waals surface area contributed by atoms with E-state index < -0.39 is 10.9 Å². The van der Waals surface area contributed by atoms with Crippen LogP contribution in [-0.4, -0.2) is 44.2 Å². The number of esters is 2. The van der Waals surface area contributed by atoms with Gasteiger partial charge in [-0.1, -0.05) is 0 Å². The van der Waals surface area contributed by atoms with Gasteiger partial charge >= 0.3 is 11.9 Å². The summed E-state index contributed by atoms with van der Waals surface area (Å²) in [5, 5.41) is 10.9. The molecule has 0 unspecified atom stereocenters. The third kappa shape index (κ3) is 3.58. The van der Waals surface area contributed by atoms with Crippen LogP contribution in [0.1, 0.15) is 23.2 Å². The highest BCUT2D eigenvalue weighted by atomic mass is 16.6. The number of rotatable bonds is 4. The molecule has 1 fully saturated rings. The van der Waals surface area contributed by atoms with Gasteiger partial charge in [-0.15, -0.1) is 0 Å². The van der Waals surface area contributed by atoms with E-state index in [1.165, 1.54) is 26.4 Å². The predicted octanol–water partition coefficient (Wildman–Crippen LogP) is 1.77. The average molecular weight is 322 g/mol. The van der Waals surface area contributed by atoms with E-state index in [1.807, 2.05) is 4.90 Å². The molecular weight excluding hydrogens is 304 g/mol. The standard InChI is InChI=1S/C15H18N2O6/c1-22-14(18)10-5-7-16(8-6-10)13-4-3-11(17(20)21)9-12(13)15(19)23-2/h3-4,9-10H,5-8H2,1-2H3. The number of piperidine rings is 1. The van der Waals surface area contributed by atoms with E-state index in [9.17, 15) is 19.7 Å². The molecule has 23 heavy (non-hydrogen) atoms. The highest BCUT2D eigenvalue weighted by molar-refractivity contribution is 5.96. The monoisotopic (exact) mass is 322 g/mol. The van der Waals surface area contributed by atoms with Gasteiger partial charge in [-0.25, -0.2) is 4.79 Å². The highest BCUT2D eigenvalue weighted by Gasteiger charge is 2.28. The molecule has 0 radical (unpaired) electrons. The molecule has 0 spiro atoms. The Balaban J connectivity index is 2.24. The van der Waals surface area contributed by atoms with Crippen molar-refractivity contribution in [3.05, 3.63) is 33.9 Å². The smallest absolute Gasteiger partial charge is 0.340 e. The molecule has 1 saturated heterocycles. The summed E-state index contributed by atoms with van der Waals surface area (Å²) in [6, 6.07) is 4.12. The summed E-state index contributed by atoms with van der Waals surface area (Å²) in [7, 11) is 2.59. The van der Waals surface area contributed by atoms with Crippen LogP contribution in [0.3, 0.4) is 0 Å². The van der Waals surface area contributed by atoms with E-state index in [4.69, 9.17) is 9.47 Å². The summed E-state index contributed by atoms with van der Waals surface area (Å²) in [6.07, 6.45) is 1.20. The number of nitro groups is 1. The number of nitrogens with zero attached hydrogens (tertiary/aromatic N) is 2. The molecular formula is C15H18N2O6. The Morgan fingerprint density at radius 2 is 1.87 bits per heavy atom. The first-order valence-electron chi connectivity index (χ1n) is 7.17. The number of ether oxygens (including phenoxy) is 2. The van der Waals surface area contributed by atoms with E-state index in [1.54, 1.807) is 6.07 Å². The van der Waals surface area contributed by atoms with Crippen LogP contribution in [-0.2, 0) is 14.3 Å². The molecule has 1 aliphatic rings. The van der Waals surface area contributed by atoms with Gasteiger partial charge in [0.15, 0.2) is 0 Å². The predicted molar refractivity (Wildman–Crippen MR) is 81.4 cm³/mol. The van der Waals surface area contributed by atoms with Gasteiger partial charge in [-0.3, -0.25) is 14.9 Å². The van der Waals surface area contributed by atoms with Crippen LogP contribution in [0.4, 0.5) is 11.4 Å². The molecule has 1 aromatic rings. The first-order valence-corrected chi connectivity index (χ1v) is 7.17. The number of non-ortho nitro benzene ring substituents is 1. The van der Waals surface area contributed by atoms with Crippen molar-refractivity contribution in [3.63, 3.8) is 0 Å². The van der Waals surface area contributed by atoms with Gasteiger partial charge in [0, 0.05) is 25.2 Å². The van der Waals surface area contributed by atoms with Crippen LogP contribution in [0.5, 0.6) is 0 Å². The summed E-state index contributed by atoms with van der Waals surface area (Å²) in [5.41, 5.74) is 0.558. The summed E-state index contributed by atoms with van der Waals surface area (Å²) < 4.78 is 9.46. The molecule has 0 amide bonds. The lowest BCUT2D eigenvalue weighted by atomic mass is 9.96. The zero-order valence-corrected chi connectivity index (χ0v) is 13.0. The van der Waals surface area contributed by atoms with Crippen molar-refractivity contribution in [2.45, 2.75) is 12.8 Å². The fourth-order valence-electron chi connectivity index (χ4n) is 2.71. The molecule has 1 aliphatic heterocycles. The minimum Gasteiger partial charge on any atom is -0.469 e. The maximum atomic E-state index is 11.9. The maximum absolute atomic E-state index is 11.9. The van der Waals surface area contributed by atoms with Crippen molar-refractivity contribution in [2.24, 2.45) is 5.92 Å². The second-order valence-electron chi connectivity index (χ2n) is 5.23. The van der Waals surface area contributed by atoms with Crippen molar-refractivity contribution in [2.75, 3.05) is 32.2 Å². The zero-order valence-electron chi connectivity index (χ0n) is 13.0. The molecule has 1 heterocycles. The van der Waals surface area contributed by atoms with Crippen molar-refractivity contribution in [1.29, 1.82) is 0 Å². The number of carbonyl (C=O) groups excluding carboxylic acids is 2. The Morgan fingerprint density at radius 3 is 2.39 bits per heavy atom. The van der Waals surface area contributed by atoms with Crippen molar-refractivity contribution < 1.29 is 24.0 Å². The molecule has 8 nitrogen and oxygen atoms in total. The van der Waals surface area contributed by atoms with Gasteiger partial charge in [0.2, 0.25) is 0 Å². The molecule has 0 aliphatic carbocycles. The van der Waals surface area contributed by atoms with Crippen molar-refractivity contribution in [3.8, 4) is 0 Å². The number of hydrogen-bond acceptors (Lipinski definition) is 7. The third-order valence-corrected chi connectivity index (χ3v) is 3.97. The lowest BCUT2D eigenvalue weighted by Gasteiger charge is -2.33. The van der Waals surface area contributed by atoms with Crippen LogP contribution < -0.4 is 4.90 Å². The molecule has 0 aromatic heterocycles. The molecule has 0 bridgehead atoms. The lowest BCUT2D eigenvalue weighted by molar-refractivity contribution is -0.384. The molecule has 8 heteroatoms. The minimum atomic E-state index is -0.626. The van der Waals surface area contributed by atoms with Crippen LogP contribution in [0, 0.1) is 16.0 Å². The average Bonchev–Trinajstić information content (AvgIpc) is 2.59. The van der Waals surface area contributed by atoms with E-state index in [-0.39, 0.29) is 23.1 Å². The minimum absolute atomic E-state index is 0.151. The third-order valence-electron chi connectivity index (χ3n) is 3.97. The summed E-state index contributed by atoms with van der Waals surface area (Å²) in [4.78, 5) is 35.7. The first kappa shape index (κ1) is 16.7. The van der Waals surface area contributed by atoms with Gasteiger partial charge < -0.3 is 14.4 Å². The van der Waals surface area contributed by atoms with Crippen LogP contribution in [0.25, 0.3) is 0 Å². The molecule has 124 valence electrons. The molecule has 0 atom stereocenters. The normalized spacial score (nSPS) is 15.1. The fourth-order valence-corrected chi connectivity index (χ4v) is 2.71. The number of nitro benzene ring substituents is 1. The first-order chi connectivity index (χ1) is 11.0. The summed E-state index contributed by atoms with van der Waals surface area (Å²) >= 11 is 0. The Morgan fingerprint density at radius 1 is 1.22 bits per heavy atom. The number of carbonyl (C=O) groups is 2. The van der Waals surface area contributed by atoms with Crippen molar-refractivity contribution >= 4 is 23.3 Å². The van der Waals surface area contributed by atoms with E-state index in [0.717, 1.165) is 0 Å². The van der Waals surface area contributed by atoms with Gasteiger partial charge in [-0.2, -0.15) is 0 Å². The van der Waals surface area contributed by atoms with E-state index in [2.05, 4.69) is 0 Å². The largest absolute Gasteiger partial charge is 0.469 e. The quantitative estimate of drug-likeness (QED) is 0.473. The van der Waals surface area contributed by atoms with E-state index in [0.29, 0.717) is 31.6 Å². The van der Waals surface area contributed by atoms with Gasteiger partial charge in [0.1, 0.15) is 0 Å². The Bertz CT molecular complexity index is 622. The topological polar surface area (TPSA) is 99.0 Å². The second kappa shape index (κ2) is 7.08. The summed E-state index contributed by atoms with van der Waals surface area (Å²) in [6.45, 7) is 1.11. The number of anilines is 1. The molecule has 0 N–H and O–H groups in total. The maximum Gasteiger partial charge on any atom is 0.340 e. The highest BCUT2D eigenvalue weighted by Crippen LogP contribution is 2.30. The van der Waals surface area contributed by atoms with Crippen molar-refractivity contribution in [1.82, 2.24) is 0 Å². The van der Waals surface area contributed by atoms with Gasteiger partial charge in [0.25, 0.3) is 5.69 Å². The summed E-state index contributed by atoms with van der Waals surface area (Å²) in [5.74, 6) is -1.02.